The highest BCUT2D eigenvalue weighted by atomic mass is 31.2. The van der Waals surface area contributed by atoms with E-state index in [1.807, 2.05) is 0 Å². The van der Waals surface area contributed by atoms with E-state index in [4.69, 9.17) is 18.9 Å². The average molecular weight is 523 g/mol. The van der Waals surface area contributed by atoms with Gasteiger partial charge in [-0.25, -0.2) is 9.36 Å². The minimum atomic E-state index is -5.04. The third-order valence-electron chi connectivity index (χ3n) is 4.89. The summed E-state index contributed by atoms with van der Waals surface area (Å²) < 4.78 is 68.8. The van der Waals surface area contributed by atoms with E-state index in [1.165, 1.54) is 19.1 Å². The van der Waals surface area contributed by atoms with E-state index >= 15 is 0 Å². The summed E-state index contributed by atoms with van der Waals surface area (Å²) in [5.41, 5.74) is -4.46. The lowest BCUT2D eigenvalue weighted by atomic mass is 10.2. The summed E-state index contributed by atoms with van der Waals surface area (Å²) in [5.74, 6) is -1.29. The molecule has 1 aromatic carbocycles. The number of halogens is 3. The normalized spacial score (nSPS) is 22.9. The van der Waals surface area contributed by atoms with E-state index in [9.17, 15) is 37.2 Å². The highest BCUT2D eigenvalue weighted by Crippen LogP contribution is 2.45. The number of H-pyrrole nitrogens is 1. The number of aromatic amines is 1. The van der Waals surface area contributed by atoms with Gasteiger partial charge >= 0.3 is 25.6 Å². The standard InChI is InChI=1S/C19H21F3N3O9P/c1-10(17(28)29)24-35(31,34-11-5-3-2-4-6-11)32-9-14-13(26)7-15(33-14)25-8-12(19(20,21)22)16(27)23-18(25)30/h2-6,8,10,13-15,26H,7,9H2,1H3,(H,24,31)(H,28,29)(H,23,27,30)/t10-,13-,14+,15+,35?/m0/s1. The van der Waals surface area contributed by atoms with Crippen LogP contribution in [-0.4, -0.2) is 50.6 Å². The number of aliphatic carboxylic acids is 1. The van der Waals surface area contributed by atoms with Gasteiger partial charge in [-0.05, 0) is 19.1 Å². The Kier molecular flexibility index (Phi) is 7.87. The Hall–Kier alpha value is -2.97. The summed E-state index contributed by atoms with van der Waals surface area (Å²) >= 11 is 0. The van der Waals surface area contributed by atoms with Crippen molar-refractivity contribution in [2.24, 2.45) is 0 Å². The van der Waals surface area contributed by atoms with E-state index in [0.29, 0.717) is 4.57 Å². The van der Waals surface area contributed by atoms with Gasteiger partial charge in [0.05, 0.1) is 12.7 Å². The molecule has 4 N–H and O–H groups in total. The Balaban J connectivity index is 1.77. The fourth-order valence-corrected chi connectivity index (χ4v) is 4.62. The molecule has 192 valence electrons. The fourth-order valence-electron chi connectivity index (χ4n) is 3.11. The van der Waals surface area contributed by atoms with Gasteiger partial charge in [-0.3, -0.25) is 23.7 Å². The summed E-state index contributed by atoms with van der Waals surface area (Å²) in [6, 6.07) is 6.27. The summed E-state index contributed by atoms with van der Waals surface area (Å²) in [6.07, 6.45) is -9.21. The first-order chi connectivity index (χ1) is 16.3. The van der Waals surface area contributed by atoms with Gasteiger partial charge in [0.15, 0.2) is 0 Å². The van der Waals surface area contributed by atoms with Gasteiger partial charge in [0, 0.05) is 12.6 Å². The van der Waals surface area contributed by atoms with Crippen molar-refractivity contribution in [1.82, 2.24) is 14.6 Å². The maximum absolute atomic E-state index is 13.2. The Morgan fingerprint density at radius 3 is 2.60 bits per heavy atom. The van der Waals surface area contributed by atoms with E-state index in [0.717, 1.165) is 0 Å². The smallest absolute Gasteiger partial charge is 0.459 e. The number of aliphatic hydroxyl groups is 1. The van der Waals surface area contributed by atoms with Crippen LogP contribution < -0.4 is 20.9 Å². The molecule has 0 spiro atoms. The SMILES string of the molecule is C[C@H](NP(=O)(OC[C@H]1O[C@@H](n2cc(C(F)(F)F)c(=O)[nH]c2=O)C[C@@H]1O)Oc1ccccc1)C(=O)O. The van der Waals surface area contributed by atoms with Crippen molar-refractivity contribution in [2.45, 2.75) is 44.0 Å². The summed E-state index contributed by atoms with van der Waals surface area (Å²) in [4.78, 5) is 36.3. The number of aliphatic hydroxyl groups excluding tert-OH is 1. The number of para-hydroxylation sites is 1. The first kappa shape index (κ1) is 26.6. The molecule has 0 amide bonds. The fraction of sp³-hybridized carbons (Fsp3) is 0.421. The average Bonchev–Trinajstić information content (AvgIpc) is 3.12. The molecule has 2 aromatic rings. The van der Waals surface area contributed by atoms with Crippen LogP contribution in [0.15, 0.2) is 46.1 Å². The lowest BCUT2D eigenvalue weighted by Gasteiger charge is -2.24. The lowest BCUT2D eigenvalue weighted by molar-refractivity contribution is -0.140. The molecule has 1 unspecified atom stereocenters. The van der Waals surface area contributed by atoms with Crippen molar-refractivity contribution in [2.75, 3.05) is 6.61 Å². The predicted molar refractivity (Wildman–Crippen MR) is 112 cm³/mol. The highest BCUT2D eigenvalue weighted by Gasteiger charge is 2.41. The van der Waals surface area contributed by atoms with Crippen LogP contribution in [0.3, 0.4) is 0 Å². The summed E-state index contributed by atoms with van der Waals surface area (Å²) in [5, 5.41) is 21.6. The number of carboxylic acids is 1. The van der Waals surface area contributed by atoms with Gasteiger partial charge in [-0.1, -0.05) is 18.2 Å². The number of carbonyl (C=O) groups is 1. The number of aromatic nitrogens is 2. The monoisotopic (exact) mass is 523 g/mol. The minimum absolute atomic E-state index is 0.0751. The first-order valence-corrected chi connectivity index (χ1v) is 11.6. The molecule has 1 aliphatic rings. The Morgan fingerprint density at radius 1 is 1.34 bits per heavy atom. The zero-order valence-corrected chi connectivity index (χ0v) is 18.9. The molecule has 3 rings (SSSR count). The van der Waals surface area contributed by atoms with Crippen LogP contribution in [0.5, 0.6) is 5.75 Å². The van der Waals surface area contributed by atoms with Gasteiger partial charge in [-0.2, -0.15) is 18.3 Å². The number of carboxylic acid groups (broad SMARTS) is 1. The van der Waals surface area contributed by atoms with Crippen LogP contribution in [0.4, 0.5) is 13.2 Å². The van der Waals surface area contributed by atoms with Crippen molar-refractivity contribution in [1.29, 1.82) is 0 Å². The molecule has 0 radical (unpaired) electrons. The number of ether oxygens (including phenoxy) is 1. The molecule has 1 aliphatic heterocycles. The van der Waals surface area contributed by atoms with Crippen LogP contribution in [0.1, 0.15) is 25.1 Å². The van der Waals surface area contributed by atoms with Gasteiger partial charge in [0.2, 0.25) is 0 Å². The quantitative estimate of drug-likeness (QED) is 0.353. The van der Waals surface area contributed by atoms with Crippen molar-refractivity contribution >= 4 is 13.7 Å². The molecule has 2 heterocycles. The number of rotatable bonds is 9. The summed E-state index contributed by atoms with van der Waals surface area (Å²) in [7, 11) is -4.35. The largest absolute Gasteiger partial charge is 0.480 e. The van der Waals surface area contributed by atoms with Crippen molar-refractivity contribution < 1.29 is 46.5 Å². The summed E-state index contributed by atoms with van der Waals surface area (Å²) in [6.45, 7) is 0.538. The second-order valence-corrected chi connectivity index (χ2v) is 9.22. The molecule has 1 fully saturated rings. The molecule has 0 aliphatic carbocycles. The molecule has 1 saturated heterocycles. The Labute approximate surface area is 194 Å². The number of hydrogen-bond donors (Lipinski definition) is 4. The van der Waals surface area contributed by atoms with Gasteiger partial charge in [0.1, 0.15) is 29.7 Å². The predicted octanol–water partition coefficient (Wildman–Crippen LogP) is 1.47. The van der Waals surface area contributed by atoms with Crippen LogP contribution in [0, 0.1) is 0 Å². The second kappa shape index (κ2) is 10.3. The van der Waals surface area contributed by atoms with Crippen molar-refractivity contribution in [3.8, 4) is 5.75 Å². The van der Waals surface area contributed by atoms with Gasteiger partial charge in [-0.15, -0.1) is 0 Å². The molecule has 5 atom stereocenters. The maximum Gasteiger partial charge on any atom is 0.459 e. The molecule has 0 saturated carbocycles. The number of alkyl halides is 3. The van der Waals surface area contributed by atoms with E-state index < -0.39 is 67.8 Å². The third kappa shape index (κ3) is 6.58. The Bertz CT molecular complexity index is 1220. The van der Waals surface area contributed by atoms with Crippen molar-refractivity contribution in [3.63, 3.8) is 0 Å². The molecule has 35 heavy (non-hydrogen) atoms. The van der Waals surface area contributed by atoms with Crippen LogP contribution in [0.25, 0.3) is 0 Å². The number of hydrogen-bond acceptors (Lipinski definition) is 8. The minimum Gasteiger partial charge on any atom is -0.480 e. The Morgan fingerprint density at radius 2 is 2.00 bits per heavy atom. The first-order valence-electron chi connectivity index (χ1n) is 10.0. The van der Waals surface area contributed by atoms with Gasteiger partial charge < -0.3 is 19.5 Å². The number of nitrogens with one attached hydrogen (secondary N) is 2. The second-order valence-electron chi connectivity index (χ2n) is 7.53. The number of nitrogens with zero attached hydrogens (tertiary/aromatic N) is 1. The lowest BCUT2D eigenvalue weighted by Crippen LogP contribution is -2.36. The molecule has 16 heteroatoms. The molecular formula is C19H21F3N3O9P. The van der Waals surface area contributed by atoms with Crippen LogP contribution >= 0.6 is 7.75 Å². The van der Waals surface area contributed by atoms with Crippen LogP contribution in [0.2, 0.25) is 0 Å². The molecule has 12 nitrogen and oxygen atoms in total. The molecule has 0 bridgehead atoms. The van der Waals surface area contributed by atoms with E-state index in [1.54, 1.807) is 23.2 Å². The van der Waals surface area contributed by atoms with Gasteiger partial charge in [0.25, 0.3) is 5.56 Å². The zero-order valence-electron chi connectivity index (χ0n) is 18.0. The van der Waals surface area contributed by atoms with E-state index in [2.05, 4.69) is 5.09 Å². The van der Waals surface area contributed by atoms with Crippen LogP contribution in [-0.2, 0) is 24.8 Å². The third-order valence-corrected chi connectivity index (χ3v) is 6.53. The highest BCUT2D eigenvalue weighted by molar-refractivity contribution is 7.52. The molecular weight excluding hydrogens is 502 g/mol. The maximum atomic E-state index is 13.2. The van der Waals surface area contributed by atoms with E-state index in [-0.39, 0.29) is 18.4 Å². The zero-order chi connectivity index (χ0) is 26.0. The molecule has 1 aromatic heterocycles. The number of benzene rings is 1. The van der Waals surface area contributed by atoms with Crippen molar-refractivity contribution in [3.05, 3.63) is 62.9 Å². The topological polar surface area (TPSA) is 169 Å².